The summed E-state index contributed by atoms with van der Waals surface area (Å²) in [5.74, 6) is -0.625. The summed E-state index contributed by atoms with van der Waals surface area (Å²) >= 11 is 5.79. The van der Waals surface area contributed by atoms with Crippen molar-refractivity contribution in [2.45, 2.75) is 18.6 Å². The first-order chi connectivity index (χ1) is 17.0. The van der Waals surface area contributed by atoms with Gasteiger partial charge in [0.05, 0.1) is 12.8 Å². The molecule has 0 radical (unpaired) electrons. The number of amides is 1. The standard InChI is InChI=1S/C23H26ClF2N5O4S/c1-36(34,31-23(32)33)13-14-8-16(27)11-17(9-14)35-7-3-2-6-28-20-10-15(25)4-5-18(20)21-19(26)12-29-22(24)30-21/h4-5,8-12,28,36H,2-3,6-7,13,27H2,1H3,(H,31,34)(H,32,33). The van der Waals surface area contributed by atoms with Crippen LogP contribution in [0.2, 0.25) is 5.28 Å². The minimum Gasteiger partial charge on any atom is -0.494 e. The molecule has 0 spiro atoms. The van der Waals surface area contributed by atoms with E-state index in [0.29, 0.717) is 54.2 Å². The number of rotatable bonds is 10. The number of nitrogens with two attached hydrogens (primary N) is 1. The highest BCUT2D eigenvalue weighted by Crippen LogP contribution is 2.30. The number of carbonyl (C=O) groups is 1. The second-order valence-corrected chi connectivity index (χ2v) is 11.1. The highest BCUT2D eigenvalue weighted by molar-refractivity contribution is 7.98. The Kier molecular flexibility index (Phi) is 9.13. The summed E-state index contributed by atoms with van der Waals surface area (Å²) in [5.41, 5.74) is 7.63. The second kappa shape index (κ2) is 12.1. The van der Waals surface area contributed by atoms with Gasteiger partial charge in [0.1, 0.15) is 17.3 Å². The predicted octanol–water partition coefficient (Wildman–Crippen LogP) is 5.28. The van der Waals surface area contributed by atoms with Gasteiger partial charge in [-0.05, 0) is 66.6 Å². The van der Waals surface area contributed by atoms with Gasteiger partial charge in [-0.3, -0.25) is 0 Å². The molecular formula is C23H26ClF2N5O4S. The Morgan fingerprint density at radius 3 is 2.78 bits per heavy atom. The van der Waals surface area contributed by atoms with Crippen LogP contribution in [-0.4, -0.2) is 45.1 Å². The minimum absolute atomic E-state index is 0.0316. The quantitative estimate of drug-likeness (QED) is 0.101. The molecule has 0 aliphatic rings. The topological polar surface area (TPSA) is 143 Å². The molecular weight excluding hydrogens is 516 g/mol. The number of hydrogen-bond acceptors (Lipinski definition) is 6. The number of nitrogens with one attached hydrogen (secondary N) is 1. The Bertz CT molecular complexity index is 1310. The van der Waals surface area contributed by atoms with Gasteiger partial charge >= 0.3 is 6.09 Å². The number of thiol groups is 1. The molecule has 0 aliphatic carbocycles. The summed E-state index contributed by atoms with van der Waals surface area (Å²) in [6.07, 6.45) is 2.22. The largest absolute Gasteiger partial charge is 0.494 e. The van der Waals surface area contributed by atoms with Gasteiger partial charge in [0.2, 0.25) is 5.28 Å². The zero-order chi connectivity index (χ0) is 26.3. The van der Waals surface area contributed by atoms with E-state index < -0.39 is 27.8 Å². The molecule has 0 saturated heterocycles. The summed E-state index contributed by atoms with van der Waals surface area (Å²) in [5, 5.41) is 11.8. The van der Waals surface area contributed by atoms with Crippen molar-refractivity contribution in [3.63, 3.8) is 0 Å². The number of hydrogen-bond donors (Lipinski definition) is 5. The lowest BCUT2D eigenvalue weighted by Crippen LogP contribution is -2.13. The fraction of sp³-hybridized carbons (Fsp3) is 0.261. The van der Waals surface area contributed by atoms with Gasteiger partial charge in [-0.25, -0.2) is 23.5 Å². The first-order valence-corrected chi connectivity index (χ1v) is 13.5. The smallest absolute Gasteiger partial charge is 0.437 e. The number of aromatic nitrogens is 2. The maximum Gasteiger partial charge on any atom is 0.437 e. The molecule has 2 aromatic carbocycles. The highest BCUT2D eigenvalue weighted by atomic mass is 35.5. The van der Waals surface area contributed by atoms with E-state index in [9.17, 15) is 18.1 Å². The van der Waals surface area contributed by atoms with Gasteiger partial charge in [-0.15, -0.1) is 0 Å². The Balaban J connectivity index is 1.55. The first-order valence-electron chi connectivity index (χ1n) is 10.8. The lowest BCUT2D eigenvalue weighted by atomic mass is 10.1. The molecule has 3 aromatic rings. The summed E-state index contributed by atoms with van der Waals surface area (Å²) in [7, 11) is -3.03. The lowest BCUT2D eigenvalue weighted by molar-refractivity contribution is 0.206. The van der Waals surface area contributed by atoms with Crippen LogP contribution in [0.3, 0.4) is 0 Å². The van der Waals surface area contributed by atoms with Crippen molar-refractivity contribution in [3.8, 4) is 17.0 Å². The van der Waals surface area contributed by atoms with Crippen molar-refractivity contribution < 1.29 is 28.0 Å². The van der Waals surface area contributed by atoms with Crippen LogP contribution in [0, 0.1) is 11.6 Å². The fourth-order valence-corrected chi connectivity index (χ4v) is 4.92. The molecule has 0 unspecified atom stereocenters. The van der Waals surface area contributed by atoms with E-state index in [-0.39, 0.29) is 16.7 Å². The van der Waals surface area contributed by atoms with Crippen LogP contribution < -0.4 is 15.8 Å². The maximum absolute atomic E-state index is 14.2. The summed E-state index contributed by atoms with van der Waals surface area (Å²) in [6, 6.07) is 8.82. The molecule has 1 amide bonds. The number of benzene rings is 2. The highest BCUT2D eigenvalue weighted by Gasteiger charge is 2.14. The van der Waals surface area contributed by atoms with Crippen LogP contribution in [0.15, 0.2) is 47.0 Å². The maximum atomic E-state index is 14.2. The average Bonchev–Trinajstić information content (AvgIpc) is 2.76. The number of unbranched alkanes of at least 4 members (excludes halogenated alkanes) is 1. The van der Waals surface area contributed by atoms with Gasteiger partial charge < -0.3 is 25.4 Å². The van der Waals surface area contributed by atoms with Crippen molar-refractivity contribution in [3.05, 3.63) is 65.1 Å². The van der Waals surface area contributed by atoms with E-state index in [4.69, 9.17) is 27.2 Å². The Hall–Kier alpha value is -3.35. The number of nitrogens with zero attached hydrogens (tertiary/aromatic N) is 3. The SMILES string of the molecule is C[SH](O)(Cc1cc(N)cc(OCCCCNc2cc(F)ccc2-c2nc(Cl)ncc2F)c1)=NC(=O)O. The van der Waals surface area contributed by atoms with Crippen molar-refractivity contribution in [1.29, 1.82) is 0 Å². The third-order valence-corrected chi connectivity index (χ3v) is 6.63. The Morgan fingerprint density at radius 1 is 1.25 bits per heavy atom. The van der Waals surface area contributed by atoms with Crippen molar-refractivity contribution in [1.82, 2.24) is 9.97 Å². The molecule has 0 bridgehead atoms. The van der Waals surface area contributed by atoms with Crippen LogP contribution >= 0.6 is 11.6 Å². The van der Waals surface area contributed by atoms with E-state index in [1.165, 1.54) is 24.5 Å². The normalized spacial score (nSPS) is 11.7. The molecule has 0 saturated carbocycles. The third-order valence-electron chi connectivity index (χ3n) is 4.88. The average molecular weight is 542 g/mol. The van der Waals surface area contributed by atoms with Crippen molar-refractivity contribution in [2.75, 3.05) is 30.5 Å². The van der Waals surface area contributed by atoms with Crippen LogP contribution in [0.5, 0.6) is 5.75 Å². The summed E-state index contributed by atoms with van der Waals surface area (Å²) < 4.78 is 47.4. The first kappa shape index (κ1) is 27.2. The van der Waals surface area contributed by atoms with E-state index in [2.05, 4.69) is 19.6 Å². The summed E-state index contributed by atoms with van der Waals surface area (Å²) in [4.78, 5) is 18.3. The van der Waals surface area contributed by atoms with Gasteiger partial charge in [-0.2, -0.15) is 4.36 Å². The minimum atomic E-state index is -3.03. The predicted molar refractivity (Wildman–Crippen MR) is 138 cm³/mol. The monoisotopic (exact) mass is 541 g/mol. The van der Waals surface area contributed by atoms with Crippen LogP contribution in [0.1, 0.15) is 18.4 Å². The molecule has 5 N–H and O–H groups in total. The Morgan fingerprint density at radius 2 is 2.03 bits per heavy atom. The number of carboxylic acid groups (broad SMARTS) is 1. The van der Waals surface area contributed by atoms with E-state index in [0.717, 1.165) is 6.20 Å². The van der Waals surface area contributed by atoms with Gasteiger partial charge in [-0.1, -0.05) is 10.1 Å². The molecule has 3 rings (SSSR count). The zero-order valence-electron chi connectivity index (χ0n) is 19.3. The lowest BCUT2D eigenvalue weighted by Gasteiger charge is -2.18. The Labute approximate surface area is 212 Å². The van der Waals surface area contributed by atoms with Crippen LogP contribution in [0.4, 0.5) is 25.0 Å². The van der Waals surface area contributed by atoms with E-state index >= 15 is 0 Å². The molecule has 36 heavy (non-hydrogen) atoms. The second-order valence-electron chi connectivity index (χ2n) is 8.05. The molecule has 194 valence electrons. The number of anilines is 2. The van der Waals surface area contributed by atoms with Crippen molar-refractivity contribution in [2.24, 2.45) is 4.36 Å². The number of ether oxygens (including phenoxy) is 1. The number of halogens is 3. The summed E-state index contributed by atoms with van der Waals surface area (Å²) in [6.45, 7) is 0.800. The van der Waals surface area contributed by atoms with Crippen LogP contribution in [-0.2, 0) is 15.9 Å². The molecule has 1 heterocycles. The van der Waals surface area contributed by atoms with E-state index in [1.54, 1.807) is 18.2 Å². The molecule has 1 aromatic heterocycles. The molecule has 9 nitrogen and oxygen atoms in total. The van der Waals surface area contributed by atoms with Crippen molar-refractivity contribution >= 4 is 39.2 Å². The van der Waals surface area contributed by atoms with Crippen LogP contribution in [0.25, 0.3) is 11.3 Å². The van der Waals surface area contributed by atoms with Gasteiger partial charge in [0.15, 0.2) is 5.82 Å². The zero-order valence-corrected chi connectivity index (χ0v) is 20.9. The van der Waals surface area contributed by atoms with Gasteiger partial charge in [0.25, 0.3) is 0 Å². The van der Waals surface area contributed by atoms with Gasteiger partial charge in [0, 0.05) is 35.3 Å². The molecule has 0 aliphatic heterocycles. The fourth-order valence-electron chi connectivity index (χ4n) is 3.47. The molecule has 0 fully saturated rings. The third kappa shape index (κ3) is 8.11. The number of nitrogen functional groups attached to an aromatic ring is 1. The van der Waals surface area contributed by atoms with E-state index in [1.807, 2.05) is 0 Å². The molecule has 0 atom stereocenters. The molecule has 13 heteroatoms.